The van der Waals surface area contributed by atoms with E-state index >= 15 is 0 Å². The molecule has 1 heterocycles. The van der Waals surface area contributed by atoms with Crippen LogP contribution < -0.4 is 5.32 Å². The average molecular weight is 285 g/mol. The summed E-state index contributed by atoms with van der Waals surface area (Å²) in [6, 6.07) is 2.49. The number of anilines is 1. The highest BCUT2D eigenvalue weighted by molar-refractivity contribution is 7.13. The van der Waals surface area contributed by atoms with Crippen LogP contribution in [-0.4, -0.2) is 10.9 Å². The molecule has 0 fully saturated rings. The van der Waals surface area contributed by atoms with Crippen LogP contribution in [0.4, 0.5) is 10.1 Å². The number of hydrogen-bond donors (Lipinski definition) is 1. The molecule has 18 heavy (non-hydrogen) atoms. The van der Waals surface area contributed by atoms with Crippen molar-refractivity contribution in [3.8, 4) is 0 Å². The minimum atomic E-state index is -0.427. The van der Waals surface area contributed by atoms with E-state index in [0.29, 0.717) is 16.1 Å². The number of aryl methyl sites for hydroxylation is 2. The monoisotopic (exact) mass is 284 g/mol. The van der Waals surface area contributed by atoms with Crippen LogP contribution in [-0.2, 0) is 0 Å². The molecule has 0 aliphatic rings. The predicted octanol–water partition coefficient (Wildman–Crippen LogP) is 3.80. The fourth-order valence-corrected chi connectivity index (χ4v) is 2.48. The van der Waals surface area contributed by atoms with Crippen LogP contribution in [0.3, 0.4) is 0 Å². The number of nitrogens with one attached hydrogen (secondary N) is 1. The van der Waals surface area contributed by atoms with Gasteiger partial charge in [0.1, 0.15) is 10.7 Å². The Balaban J connectivity index is 2.27. The number of carbonyl (C=O) groups is 1. The Labute approximate surface area is 113 Å². The zero-order valence-electron chi connectivity index (χ0n) is 9.75. The zero-order chi connectivity index (χ0) is 13.3. The molecule has 0 unspecified atom stereocenters. The normalized spacial score (nSPS) is 10.4. The lowest BCUT2D eigenvalue weighted by atomic mass is 10.2. The molecule has 94 valence electrons. The second kappa shape index (κ2) is 5.04. The van der Waals surface area contributed by atoms with Crippen molar-refractivity contribution >= 4 is 34.5 Å². The number of amides is 1. The maximum atomic E-state index is 13.1. The first-order chi connectivity index (χ1) is 8.47. The lowest BCUT2D eigenvalue weighted by Crippen LogP contribution is -2.11. The fourth-order valence-electron chi connectivity index (χ4n) is 1.50. The highest BCUT2D eigenvalue weighted by atomic mass is 35.5. The molecule has 0 radical (unpaired) electrons. The van der Waals surface area contributed by atoms with Crippen LogP contribution in [0.15, 0.2) is 18.3 Å². The maximum absolute atomic E-state index is 13.1. The number of nitrogens with zero attached hydrogens (tertiary/aromatic N) is 1. The predicted molar refractivity (Wildman–Crippen MR) is 71.0 cm³/mol. The van der Waals surface area contributed by atoms with Crippen molar-refractivity contribution in [1.82, 2.24) is 4.98 Å². The van der Waals surface area contributed by atoms with E-state index in [1.165, 1.54) is 29.7 Å². The van der Waals surface area contributed by atoms with E-state index < -0.39 is 5.82 Å². The summed E-state index contributed by atoms with van der Waals surface area (Å²) in [6.07, 6.45) is 1.50. The molecule has 3 nitrogen and oxygen atoms in total. The number of thiazole rings is 1. The molecule has 1 aromatic heterocycles. The van der Waals surface area contributed by atoms with E-state index in [2.05, 4.69) is 10.3 Å². The van der Waals surface area contributed by atoms with Gasteiger partial charge in [-0.3, -0.25) is 4.79 Å². The first-order valence-electron chi connectivity index (χ1n) is 5.17. The second-order valence-corrected chi connectivity index (χ2v) is 5.42. The van der Waals surface area contributed by atoms with E-state index in [4.69, 9.17) is 11.6 Å². The van der Waals surface area contributed by atoms with Crippen molar-refractivity contribution in [1.29, 1.82) is 0 Å². The van der Waals surface area contributed by atoms with Crippen LogP contribution in [0.1, 0.15) is 20.2 Å². The number of halogens is 2. The third-order valence-electron chi connectivity index (χ3n) is 2.34. The Bertz CT molecular complexity index is 589. The summed E-state index contributed by atoms with van der Waals surface area (Å²) in [7, 11) is 0. The lowest BCUT2D eigenvalue weighted by Gasteiger charge is -2.09. The molecule has 0 aliphatic heterocycles. The van der Waals surface area contributed by atoms with Gasteiger partial charge in [0.05, 0.1) is 21.9 Å². The molecule has 2 aromatic rings. The summed E-state index contributed by atoms with van der Waals surface area (Å²) in [5.41, 5.74) is 1.00. The minimum Gasteiger partial charge on any atom is -0.320 e. The quantitative estimate of drug-likeness (QED) is 0.911. The standard InChI is InChI=1S/C12H10ClFN2OS/c1-6-3-8(14)4-9(13)11(6)16-12(17)10-5-15-7(2)18-10/h3-5H,1-2H3,(H,16,17). The van der Waals surface area contributed by atoms with E-state index in [1.807, 2.05) is 6.92 Å². The molecule has 0 saturated carbocycles. The van der Waals surface area contributed by atoms with E-state index in [9.17, 15) is 9.18 Å². The summed E-state index contributed by atoms with van der Waals surface area (Å²) >= 11 is 7.19. The Morgan fingerprint density at radius 2 is 2.17 bits per heavy atom. The van der Waals surface area contributed by atoms with Crippen LogP contribution in [0.25, 0.3) is 0 Å². The Hall–Kier alpha value is -1.46. The number of aromatic nitrogens is 1. The van der Waals surface area contributed by atoms with Gasteiger partial charge in [-0.25, -0.2) is 9.37 Å². The Morgan fingerprint density at radius 1 is 1.44 bits per heavy atom. The minimum absolute atomic E-state index is 0.182. The SMILES string of the molecule is Cc1ncc(C(=O)Nc2c(C)cc(F)cc2Cl)s1. The van der Waals surface area contributed by atoms with Gasteiger partial charge < -0.3 is 5.32 Å². The van der Waals surface area contributed by atoms with Gasteiger partial charge >= 0.3 is 0 Å². The van der Waals surface area contributed by atoms with Crippen molar-refractivity contribution < 1.29 is 9.18 Å². The molecule has 0 saturated heterocycles. The summed E-state index contributed by atoms with van der Waals surface area (Å²) < 4.78 is 13.1. The van der Waals surface area contributed by atoms with E-state index in [0.717, 1.165) is 5.01 Å². The fraction of sp³-hybridized carbons (Fsp3) is 0.167. The summed E-state index contributed by atoms with van der Waals surface area (Å²) in [6.45, 7) is 3.50. The molecule has 1 aromatic carbocycles. The van der Waals surface area contributed by atoms with E-state index in [-0.39, 0.29) is 10.9 Å². The molecule has 0 aliphatic carbocycles. The van der Waals surface area contributed by atoms with Crippen molar-refractivity contribution in [2.45, 2.75) is 13.8 Å². The van der Waals surface area contributed by atoms with Gasteiger partial charge in [-0.15, -0.1) is 11.3 Å². The lowest BCUT2D eigenvalue weighted by molar-refractivity contribution is 0.103. The van der Waals surface area contributed by atoms with Gasteiger partial charge in [-0.1, -0.05) is 11.6 Å². The van der Waals surface area contributed by atoms with Crippen molar-refractivity contribution in [2.24, 2.45) is 0 Å². The summed E-state index contributed by atoms with van der Waals surface area (Å²) in [5, 5.41) is 3.66. The third kappa shape index (κ3) is 2.68. The largest absolute Gasteiger partial charge is 0.320 e. The highest BCUT2D eigenvalue weighted by Gasteiger charge is 2.13. The van der Waals surface area contributed by atoms with Crippen molar-refractivity contribution in [3.05, 3.63) is 44.6 Å². The molecule has 0 bridgehead atoms. The highest BCUT2D eigenvalue weighted by Crippen LogP contribution is 2.27. The van der Waals surface area contributed by atoms with E-state index in [1.54, 1.807) is 6.92 Å². The van der Waals surface area contributed by atoms with Crippen LogP contribution in [0.2, 0.25) is 5.02 Å². The van der Waals surface area contributed by atoms with Gasteiger partial charge in [0.25, 0.3) is 5.91 Å². The first-order valence-corrected chi connectivity index (χ1v) is 6.36. The van der Waals surface area contributed by atoms with Crippen molar-refractivity contribution in [2.75, 3.05) is 5.32 Å². The van der Waals surface area contributed by atoms with Crippen molar-refractivity contribution in [3.63, 3.8) is 0 Å². The smallest absolute Gasteiger partial charge is 0.267 e. The van der Waals surface area contributed by atoms with Gasteiger partial charge in [-0.2, -0.15) is 0 Å². The number of hydrogen-bond acceptors (Lipinski definition) is 3. The van der Waals surface area contributed by atoms with Crippen LogP contribution in [0.5, 0.6) is 0 Å². The zero-order valence-corrected chi connectivity index (χ0v) is 11.3. The van der Waals surface area contributed by atoms with Gasteiger partial charge in [0.2, 0.25) is 0 Å². The molecule has 6 heteroatoms. The Morgan fingerprint density at radius 3 is 2.72 bits per heavy atom. The second-order valence-electron chi connectivity index (χ2n) is 3.78. The average Bonchev–Trinajstić information content (AvgIpc) is 2.70. The first kappa shape index (κ1) is 13.0. The van der Waals surface area contributed by atoms with Gasteiger partial charge in [0, 0.05) is 0 Å². The molecule has 0 spiro atoms. The topological polar surface area (TPSA) is 42.0 Å². The summed E-state index contributed by atoms with van der Waals surface area (Å²) in [5.74, 6) is -0.721. The van der Waals surface area contributed by atoms with Crippen LogP contribution >= 0.6 is 22.9 Å². The Kier molecular flexibility index (Phi) is 3.63. The molecular formula is C12H10ClFN2OS. The number of benzene rings is 1. The number of carbonyl (C=O) groups excluding carboxylic acids is 1. The summed E-state index contributed by atoms with van der Waals surface area (Å²) in [4.78, 5) is 16.4. The molecule has 0 atom stereocenters. The molecule has 1 amide bonds. The van der Waals surface area contributed by atoms with Gasteiger partial charge in [-0.05, 0) is 31.5 Å². The number of rotatable bonds is 2. The molecule has 2 rings (SSSR count). The third-order valence-corrected chi connectivity index (χ3v) is 3.55. The van der Waals surface area contributed by atoms with Gasteiger partial charge in [0.15, 0.2) is 0 Å². The van der Waals surface area contributed by atoms with Crippen LogP contribution in [0, 0.1) is 19.7 Å². The maximum Gasteiger partial charge on any atom is 0.267 e. The molecular weight excluding hydrogens is 275 g/mol. The molecule has 1 N–H and O–H groups in total.